The van der Waals surface area contributed by atoms with Gasteiger partial charge in [-0.15, -0.1) is 0 Å². The highest BCUT2D eigenvalue weighted by atomic mass is 32.2. The van der Waals surface area contributed by atoms with Gasteiger partial charge in [0.2, 0.25) is 10.0 Å². The Hall–Kier alpha value is -1.27. The van der Waals surface area contributed by atoms with Gasteiger partial charge in [-0.1, -0.05) is 0 Å². The van der Waals surface area contributed by atoms with E-state index in [9.17, 15) is 8.42 Å². The Morgan fingerprint density at radius 3 is 2.31 bits per heavy atom. The molecule has 13 heavy (non-hydrogen) atoms. The van der Waals surface area contributed by atoms with E-state index in [0.29, 0.717) is 0 Å². The summed E-state index contributed by atoms with van der Waals surface area (Å²) >= 11 is 0. The Balaban J connectivity index is 3.27. The molecule has 1 aromatic carbocycles. The predicted molar refractivity (Wildman–Crippen MR) is 46.0 cm³/mol. The summed E-state index contributed by atoms with van der Waals surface area (Å²) in [6, 6.07) is 3.28. The molecule has 0 amide bonds. The molecule has 0 aliphatic heterocycles. The normalized spacial score (nSPS) is 11.5. The average molecular weight is 203 g/mol. The van der Waals surface area contributed by atoms with Crippen molar-refractivity contribution in [3.8, 4) is 11.5 Å². The van der Waals surface area contributed by atoms with Crippen LogP contribution in [-0.2, 0) is 10.0 Å². The highest BCUT2D eigenvalue weighted by molar-refractivity contribution is 7.89. The number of phenolic OH excluding ortho intramolecular Hbond substituents is 2. The fraction of sp³-hybridized carbons (Fsp3) is 0.143. The van der Waals surface area contributed by atoms with Gasteiger partial charge in [0.15, 0.2) is 11.5 Å². The largest absolute Gasteiger partial charge is 0.504 e. The van der Waals surface area contributed by atoms with E-state index in [-0.39, 0.29) is 10.6 Å². The lowest BCUT2D eigenvalue weighted by Gasteiger charge is -2.03. The van der Waals surface area contributed by atoms with E-state index in [1.54, 1.807) is 0 Å². The van der Waals surface area contributed by atoms with Crippen molar-refractivity contribution < 1.29 is 18.6 Å². The van der Waals surface area contributed by atoms with E-state index < -0.39 is 15.8 Å². The lowest BCUT2D eigenvalue weighted by atomic mass is 10.3. The standard InChI is InChI=1S/C7H9NO4S/c1-8-13(11,12)5-2-3-6(9)7(10)4-5/h2-4,8-10H,1H3. The van der Waals surface area contributed by atoms with Crippen molar-refractivity contribution in [2.24, 2.45) is 0 Å². The molecular weight excluding hydrogens is 194 g/mol. The Morgan fingerprint density at radius 2 is 1.85 bits per heavy atom. The number of rotatable bonds is 2. The van der Waals surface area contributed by atoms with E-state index >= 15 is 0 Å². The summed E-state index contributed by atoms with van der Waals surface area (Å²) in [4.78, 5) is -0.0923. The van der Waals surface area contributed by atoms with E-state index in [1.165, 1.54) is 13.1 Å². The molecule has 0 spiro atoms. The van der Waals surface area contributed by atoms with E-state index in [4.69, 9.17) is 10.2 Å². The summed E-state index contributed by atoms with van der Waals surface area (Å²) in [5, 5.41) is 17.9. The Labute approximate surface area is 75.7 Å². The second-order valence-corrected chi connectivity index (χ2v) is 4.24. The molecular formula is C7H9NO4S. The molecule has 1 aromatic rings. The number of benzene rings is 1. The van der Waals surface area contributed by atoms with Crippen LogP contribution in [-0.4, -0.2) is 25.7 Å². The monoisotopic (exact) mass is 203 g/mol. The molecule has 0 saturated carbocycles. The predicted octanol–water partition coefficient (Wildman–Crippen LogP) is 0.00590. The van der Waals surface area contributed by atoms with Crippen molar-refractivity contribution in [1.29, 1.82) is 0 Å². The molecule has 0 aromatic heterocycles. The van der Waals surface area contributed by atoms with Crippen molar-refractivity contribution >= 4 is 10.0 Å². The van der Waals surface area contributed by atoms with Gasteiger partial charge >= 0.3 is 0 Å². The molecule has 0 heterocycles. The zero-order valence-corrected chi connectivity index (χ0v) is 7.67. The Kier molecular flexibility index (Phi) is 2.44. The quantitative estimate of drug-likeness (QED) is 0.591. The van der Waals surface area contributed by atoms with Crippen LogP contribution in [0.3, 0.4) is 0 Å². The minimum atomic E-state index is -3.56. The van der Waals surface area contributed by atoms with Gasteiger partial charge < -0.3 is 10.2 Å². The summed E-state index contributed by atoms with van der Waals surface area (Å²) in [6.07, 6.45) is 0. The van der Waals surface area contributed by atoms with Gasteiger partial charge in [-0.2, -0.15) is 0 Å². The van der Waals surface area contributed by atoms with Crippen LogP contribution in [0.1, 0.15) is 0 Å². The van der Waals surface area contributed by atoms with Gasteiger partial charge in [0.1, 0.15) is 0 Å². The minimum absolute atomic E-state index is 0.0923. The van der Waals surface area contributed by atoms with Crippen LogP contribution in [0.15, 0.2) is 23.1 Å². The Morgan fingerprint density at radius 1 is 1.23 bits per heavy atom. The maximum atomic E-state index is 11.2. The number of aromatic hydroxyl groups is 2. The van der Waals surface area contributed by atoms with Gasteiger partial charge in [0.05, 0.1) is 4.90 Å². The maximum absolute atomic E-state index is 11.2. The lowest BCUT2D eigenvalue weighted by Crippen LogP contribution is -2.18. The van der Waals surface area contributed by atoms with Gasteiger partial charge in [-0.25, -0.2) is 13.1 Å². The maximum Gasteiger partial charge on any atom is 0.240 e. The second kappa shape index (κ2) is 3.23. The van der Waals surface area contributed by atoms with Crippen LogP contribution < -0.4 is 4.72 Å². The fourth-order valence-corrected chi connectivity index (χ4v) is 1.54. The third-order valence-corrected chi connectivity index (χ3v) is 2.94. The molecule has 0 fully saturated rings. The smallest absolute Gasteiger partial charge is 0.240 e. The van der Waals surface area contributed by atoms with Crippen LogP contribution >= 0.6 is 0 Å². The molecule has 0 aliphatic carbocycles. The number of hydrogen-bond acceptors (Lipinski definition) is 4. The molecule has 0 bridgehead atoms. The third kappa shape index (κ3) is 1.90. The van der Waals surface area contributed by atoms with Crippen LogP contribution in [0, 0.1) is 0 Å². The molecule has 0 radical (unpaired) electrons. The van der Waals surface area contributed by atoms with Crippen molar-refractivity contribution in [2.75, 3.05) is 7.05 Å². The Bertz CT molecular complexity index is 413. The highest BCUT2D eigenvalue weighted by Gasteiger charge is 2.12. The first kappa shape index (κ1) is 9.82. The van der Waals surface area contributed by atoms with E-state index in [1.807, 2.05) is 0 Å². The minimum Gasteiger partial charge on any atom is -0.504 e. The molecule has 6 heteroatoms. The molecule has 0 atom stereocenters. The summed E-state index contributed by atoms with van der Waals surface area (Å²) < 4.78 is 24.4. The van der Waals surface area contributed by atoms with Gasteiger partial charge in [-0.3, -0.25) is 0 Å². The van der Waals surface area contributed by atoms with Gasteiger partial charge in [0, 0.05) is 6.07 Å². The first-order valence-corrected chi connectivity index (χ1v) is 4.91. The van der Waals surface area contributed by atoms with Crippen LogP contribution in [0.2, 0.25) is 0 Å². The molecule has 3 N–H and O–H groups in total. The average Bonchev–Trinajstić information content (AvgIpc) is 2.09. The second-order valence-electron chi connectivity index (χ2n) is 2.36. The zero-order chi connectivity index (χ0) is 10.1. The molecule has 5 nitrogen and oxygen atoms in total. The number of phenols is 2. The van der Waals surface area contributed by atoms with E-state index in [2.05, 4.69) is 4.72 Å². The van der Waals surface area contributed by atoms with Crippen LogP contribution in [0.4, 0.5) is 0 Å². The zero-order valence-electron chi connectivity index (χ0n) is 6.85. The van der Waals surface area contributed by atoms with Crippen molar-refractivity contribution in [3.05, 3.63) is 18.2 Å². The SMILES string of the molecule is CNS(=O)(=O)c1ccc(O)c(O)c1. The van der Waals surface area contributed by atoms with Crippen LogP contribution in [0.25, 0.3) is 0 Å². The topological polar surface area (TPSA) is 86.6 Å². The first-order valence-electron chi connectivity index (χ1n) is 3.43. The lowest BCUT2D eigenvalue weighted by molar-refractivity contribution is 0.402. The summed E-state index contributed by atoms with van der Waals surface area (Å²) in [7, 11) is -2.30. The molecule has 0 saturated heterocycles. The number of nitrogens with one attached hydrogen (secondary N) is 1. The van der Waals surface area contributed by atoms with Crippen LogP contribution in [0.5, 0.6) is 11.5 Å². The van der Waals surface area contributed by atoms with Crippen molar-refractivity contribution in [3.63, 3.8) is 0 Å². The summed E-state index contributed by atoms with van der Waals surface area (Å²) in [5.41, 5.74) is 0. The fourth-order valence-electron chi connectivity index (χ4n) is 0.788. The van der Waals surface area contributed by atoms with Gasteiger partial charge in [-0.05, 0) is 19.2 Å². The highest BCUT2D eigenvalue weighted by Crippen LogP contribution is 2.26. The number of hydrogen-bond donors (Lipinski definition) is 3. The first-order chi connectivity index (χ1) is 5.97. The molecule has 0 unspecified atom stereocenters. The summed E-state index contributed by atoms with van der Waals surface area (Å²) in [5.74, 6) is -0.814. The van der Waals surface area contributed by atoms with Gasteiger partial charge in [0.25, 0.3) is 0 Å². The van der Waals surface area contributed by atoms with Crippen molar-refractivity contribution in [2.45, 2.75) is 4.90 Å². The molecule has 0 aliphatic rings. The van der Waals surface area contributed by atoms with E-state index in [0.717, 1.165) is 12.1 Å². The number of sulfonamides is 1. The molecule has 72 valence electrons. The third-order valence-electron chi connectivity index (χ3n) is 1.53. The summed E-state index contributed by atoms with van der Waals surface area (Å²) in [6.45, 7) is 0. The van der Waals surface area contributed by atoms with Crippen molar-refractivity contribution in [1.82, 2.24) is 4.72 Å². The molecule has 1 rings (SSSR count).